The lowest BCUT2D eigenvalue weighted by atomic mass is 10.2. The fraction of sp³-hybridized carbons (Fsp3) is 1.00. The van der Waals surface area contributed by atoms with Crippen LogP contribution in [0, 0.1) is 11.8 Å². The Labute approximate surface area is 82.6 Å². The Balaban J connectivity index is 2.00. The molecular weight excluding hydrogens is 190 g/mol. The predicted molar refractivity (Wildman–Crippen MR) is 47.1 cm³/mol. The van der Waals surface area contributed by atoms with Crippen LogP contribution in [0.5, 0.6) is 0 Å². The van der Waals surface area contributed by atoms with E-state index in [1.54, 1.807) is 20.8 Å². The maximum Gasteiger partial charge on any atom is 0.257 e. The Morgan fingerprint density at radius 1 is 1.36 bits per heavy atom. The highest BCUT2D eigenvalue weighted by Crippen LogP contribution is 2.60. The number of ether oxygens (including phenoxy) is 2. The quantitative estimate of drug-likeness (QED) is 0.690. The number of alkyl halides is 2. The van der Waals surface area contributed by atoms with Gasteiger partial charge in [0.05, 0.1) is 18.6 Å². The van der Waals surface area contributed by atoms with E-state index in [0.29, 0.717) is 13.0 Å². The van der Waals surface area contributed by atoms with Crippen molar-refractivity contribution in [3.63, 3.8) is 0 Å². The summed E-state index contributed by atoms with van der Waals surface area (Å²) < 4.78 is 37.2. The summed E-state index contributed by atoms with van der Waals surface area (Å²) in [6.45, 7) is 5.60. The fourth-order valence-electron chi connectivity index (χ4n) is 2.34. The summed E-state index contributed by atoms with van der Waals surface area (Å²) in [5, 5.41) is 0. The van der Waals surface area contributed by atoms with Crippen LogP contribution in [-0.4, -0.2) is 24.4 Å². The minimum Gasteiger partial charge on any atom is -0.348 e. The van der Waals surface area contributed by atoms with E-state index in [0.717, 1.165) is 0 Å². The highest BCUT2D eigenvalue weighted by Gasteiger charge is 2.71. The summed E-state index contributed by atoms with van der Waals surface area (Å²) in [6.07, 6.45) is 0.0859. The molecule has 4 heteroatoms. The third-order valence-electron chi connectivity index (χ3n) is 3.13. The van der Waals surface area contributed by atoms with Crippen molar-refractivity contribution in [3.8, 4) is 0 Å². The van der Waals surface area contributed by atoms with Crippen molar-refractivity contribution in [1.82, 2.24) is 0 Å². The van der Waals surface area contributed by atoms with E-state index in [2.05, 4.69) is 0 Å². The maximum absolute atomic E-state index is 13.2. The summed E-state index contributed by atoms with van der Waals surface area (Å²) in [7, 11) is 0. The van der Waals surface area contributed by atoms with E-state index in [1.807, 2.05) is 0 Å². The van der Waals surface area contributed by atoms with E-state index in [-0.39, 0.29) is 0 Å². The SMILES string of the molecule is CC[C@@H]1[C@H]([C@H]2COC(C)(C)O2)C1(F)F. The van der Waals surface area contributed by atoms with Crippen LogP contribution in [0.3, 0.4) is 0 Å². The van der Waals surface area contributed by atoms with Gasteiger partial charge in [0.25, 0.3) is 5.92 Å². The zero-order valence-corrected chi connectivity index (χ0v) is 8.72. The van der Waals surface area contributed by atoms with E-state index < -0.39 is 29.6 Å². The van der Waals surface area contributed by atoms with Crippen molar-refractivity contribution in [2.45, 2.75) is 45.0 Å². The maximum atomic E-state index is 13.2. The molecule has 2 nitrogen and oxygen atoms in total. The highest BCUT2D eigenvalue weighted by atomic mass is 19.3. The van der Waals surface area contributed by atoms with E-state index >= 15 is 0 Å². The molecule has 1 heterocycles. The molecule has 1 saturated heterocycles. The monoisotopic (exact) mass is 206 g/mol. The first-order chi connectivity index (χ1) is 6.38. The first kappa shape index (κ1) is 10.3. The highest BCUT2D eigenvalue weighted by molar-refractivity contribution is 5.09. The molecule has 0 amide bonds. The summed E-state index contributed by atoms with van der Waals surface area (Å²) in [5.41, 5.74) is 0. The van der Waals surface area contributed by atoms with E-state index in [1.165, 1.54) is 0 Å². The molecule has 14 heavy (non-hydrogen) atoms. The van der Waals surface area contributed by atoms with Crippen molar-refractivity contribution in [3.05, 3.63) is 0 Å². The molecule has 0 unspecified atom stereocenters. The van der Waals surface area contributed by atoms with E-state index in [9.17, 15) is 8.78 Å². The molecule has 0 spiro atoms. The molecule has 0 N–H and O–H groups in total. The second kappa shape index (κ2) is 2.89. The smallest absolute Gasteiger partial charge is 0.257 e. The number of hydrogen-bond donors (Lipinski definition) is 0. The van der Waals surface area contributed by atoms with Crippen molar-refractivity contribution in [2.75, 3.05) is 6.61 Å². The van der Waals surface area contributed by atoms with Gasteiger partial charge in [-0.15, -0.1) is 0 Å². The summed E-state index contributed by atoms with van der Waals surface area (Å²) in [5.74, 6) is -4.37. The molecule has 2 aliphatic rings. The first-order valence-electron chi connectivity index (χ1n) is 5.08. The molecule has 2 fully saturated rings. The first-order valence-corrected chi connectivity index (χ1v) is 5.08. The van der Waals surface area contributed by atoms with Crippen molar-refractivity contribution >= 4 is 0 Å². The number of rotatable bonds is 2. The second-order valence-corrected chi connectivity index (χ2v) is 4.58. The van der Waals surface area contributed by atoms with Crippen LogP contribution in [0.2, 0.25) is 0 Å². The second-order valence-electron chi connectivity index (χ2n) is 4.58. The average molecular weight is 206 g/mol. The summed E-state index contributed by atoms with van der Waals surface area (Å²) in [4.78, 5) is 0. The van der Waals surface area contributed by atoms with Gasteiger partial charge in [-0.1, -0.05) is 6.92 Å². The average Bonchev–Trinajstić information content (AvgIpc) is 2.41. The molecular formula is C10H16F2O2. The van der Waals surface area contributed by atoms with Crippen molar-refractivity contribution in [2.24, 2.45) is 11.8 Å². The predicted octanol–water partition coefficient (Wildman–Crippen LogP) is 2.43. The van der Waals surface area contributed by atoms with Crippen LogP contribution in [0.15, 0.2) is 0 Å². The fourth-order valence-corrected chi connectivity index (χ4v) is 2.34. The van der Waals surface area contributed by atoms with E-state index in [4.69, 9.17) is 9.47 Å². The molecule has 2 rings (SSSR count). The molecule has 1 saturated carbocycles. The number of halogens is 2. The Morgan fingerprint density at radius 2 is 2.00 bits per heavy atom. The summed E-state index contributed by atoms with van der Waals surface area (Å²) in [6, 6.07) is 0. The third-order valence-corrected chi connectivity index (χ3v) is 3.13. The molecule has 0 bridgehead atoms. The Morgan fingerprint density at radius 3 is 2.36 bits per heavy atom. The molecule has 82 valence electrons. The van der Waals surface area contributed by atoms with Crippen LogP contribution in [0.25, 0.3) is 0 Å². The molecule has 0 aromatic heterocycles. The Kier molecular flexibility index (Phi) is 2.13. The van der Waals surface area contributed by atoms with Crippen LogP contribution in [0.1, 0.15) is 27.2 Å². The molecule has 3 atom stereocenters. The lowest BCUT2D eigenvalue weighted by Crippen LogP contribution is -2.23. The normalized spacial score (nSPS) is 43.9. The van der Waals surface area contributed by atoms with Gasteiger partial charge >= 0.3 is 0 Å². The zero-order chi connectivity index (χ0) is 10.6. The lowest BCUT2D eigenvalue weighted by Gasteiger charge is -2.16. The number of hydrogen-bond acceptors (Lipinski definition) is 2. The van der Waals surface area contributed by atoms with Gasteiger partial charge in [0.15, 0.2) is 5.79 Å². The molecule has 0 aromatic rings. The van der Waals surface area contributed by atoms with Crippen LogP contribution < -0.4 is 0 Å². The van der Waals surface area contributed by atoms with Gasteiger partial charge in [-0.05, 0) is 20.3 Å². The van der Waals surface area contributed by atoms with Crippen LogP contribution in [0.4, 0.5) is 8.78 Å². The molecule has 1 aliphatic heterocycles. The van der Waals surface area contributed by atoms with Gasteiger partial charge in [-0.25, -0.2) is 8.78 Å². The van der Waals surface area contributed by atoms with Gasteiger partial charge in [-0.3, -0.25) is 0 Å². The van der Waals surface area contributed by atoms with Crippen molar-refractivity contribution in [1.29, 1.82) is 0 Å². The molecule has 0 radical (unpaired) electrons. The summed E-state index contributed by atoms with van der Waals surface area (Å²) >= 11 is 0. The Bertz CT molecular complexity index is 240. The molecule has 1 aliphatic carbocycles. The standard InChI is InChI=1S/C10H16F2O2/c1-4-6-8(10(6,11)12)7-5-13-9(2,3)14-7/h6-8H,4-5H2,1-3H3/t6-,7-,8-/m1/s1. The molecule has 0 aromatic carbocycles. The van der Waals surface area contributed by atoms with Crippen LogP contribution >= 0.6 is 0 Å². The third kappa shape index (κ3) is 1.44. The van der Waals surface area contributed by atoms with Crippen LogP contribution in [-0.2, 0) is 9.47 Å². The van der Waals surface area contributed by atoms with Gasteiger partial charge in [-0.2, -0.15) is 0 Å². The minimum absolute atomic E-state index is 0.295. The Hall–Kier alpha value is -0.220. The minimum atomic E-state index is -2.54. The lowest BCUT2D eigenvalue weighted by molar-refractivity contribution is -0.143. The zero-order valence-electron chi connectivity index (χ0n) is 8.72. The van der Waals surface area contributed by atoms with Gasteiger partial charge in [0, 0.05) is 5.92 Å². The van der Waals surface area contributed by atoms with Gasteiger partial charge in [0.1, 0.15) is 0 Å². The topological polar surface area (TPSA) is 18.5 Å². The van der Waals surface area contributed by atoms with Gasteiger partial charge in [0.2, 0.25) is 0 Å². The van der Waals surface area contributed by atoms with Crippen molar-refractivity contribution < 1.29 is 18.3 Å². The van der Waals surface area contributed by atoms with Gasteiger partial charge < -0.3 is 9.47 Å². The largest absolute Gasteiger partial charge is 0.348 e.